The van der Waals surface area contributed by atoms with Crippen LogP contribution in [0.4, 0.5) is 5.69 Å². The molecule has 1 aromatic carbocycles. The normalized spacial score (nSPS) is 20.9. The molecule has 0 aromatic heterocycles. The van der Waals surface area contributed by atoms with Crippen molar-refractivity contribution < 1.29 is 9.84 Å². The van der Waals surface area contributed by atoms with Gasteiger partial charge in [-0.3, -0.25) is 0 Å². The number of aliphatic hydroxyl groups is 1. The van der Waals surface area contributed by atoms with Gasteiger partial charge >= 0.3 is 0 Å². The SMILES string of the molecule is CN(CC(O)COc1cccc(N)c1)CC1CCCN1C. The summed E-state index contributed by atoms with van der Waals surface area (Å²) in [6.45, 7) is 3.08. The zero-order valence-electron chi connectivity index (χ0n) is 13.0. The third-order valence-corrected chi connectivity index (χ3v) is 4.02. The van der Waals surface area contributed by atoms with Crippen LogP contribution in [-0.2, 0) is 0 Å². The molecule has 1 aliphatic rings. The molecule has 2 rings (SSSR count). The highest BCUT2D eigenvalue weighted by Gasteiger charge is 2.22. The Morgan fingerprint density at radius 2 is 2.33 bits per heavy atom. The Hall–Kier alpha value is -1.30. The summed E-state index contributed by atoms with van der Waals surface area (Å²) < 4.78 is 5.57. The van der Waals surface area contributed by atoms with Gasteiger partial charge in [-0.2, -0.15) is 0 Å². The summed E-state index contributed by atoms with van der Waals surface area (Å²) in [7, 11) is 4.22. The first kappa shape index (κ1) is 16.1. The van der Waals surface area contributed by atoms with Gasteiger partial charge in [0.2, 0.25) is 0 Å². The summed E-state index contributed by atoms with van der Waals surface area (Å²) in [6.07, 6.45) is 2.02. The molecule has 0 aliphatic carbocycles. The molecule has 1 aliphatic heterocycles. The van der Waals surface area contributed by atoms with E-state index in [1.165, 1.54) is 19.4 Å². The largest absolute Gasteiger partial charge is 0.491 e. The molecule has 0 saturated carbocycles. The number of likely N-dealkylation sites (tertiary alicyclic amines) is 1. The first-order chi connectivity index (χ1) is 10.0. The minimum absolute atomic E-state index is 0.286. The monoisotopic (exact) mass is 293 g/mol. The number of hydrogen-bond donors (Lipinski definition) is 2. The first-order valence-electron chi connectivity index (χ1n) is 7.60. The Balaban J connectivity index is 1.70. The van der Waals surface area contributed by atoms with Gasteiger partial charge in [-0.05, 0) is 45.6 Å². The Labute approximate surface area is 127 Å². The number of hydrogen-bond acceptors (Lipinski definition) is 5. The fourth-order valence-corrected chi connectivity index (χ4v) is 2.85. The van der Waals surface area contributed by atoms with Crippen molar-refractivity contribution in [2.75, 3.05) is 46.1 Å². The molecule has 1 saturated heterocycles. The van der Waals surface area contributed by atoms with Crippen LogP contribution in [0.1, 0.15) is 12.8 Å². The highest BCUT2D eigenvalue weighted by atomic mass is 16.5. The van der Waals surface area contributed by atoms with Gasteiger partial charge in [-0.25, -0.2) is 0 Å². The molecule has 3 N–H and O–H groups in total. The van der Waals surface area contributed by atoms with Crippen molar-refractivity contribution in [3.05, 3.63) is 24.3 Å². The van der Waals surface area contributed by atoms with Crippen LogP contribution in [-0.4, -0.2) is 67.4 Å². The molecule has 0 amide bonds. The Kier molecular flexibility index (Phi) is 5.85. The average molecular weight is 293 g/mol. The van der Waals surface area contributed by atoms with E-state index in [1.54, 1.807) is 6.07 Å². The lowest BCUT2D eigenvalue weighted by Crippen LogP contribution is -2.41. The van der Waals surface area contributed by atoms with Crippen LogP contribution >= 0.6 is 0 Å². The van der Waals surface area contributed by atoms with Crippen LogP contribution in [0, 0.1) is 0 Å². The van der Waals surface area contributed by atoms with Crippen molar-refractivity contribution in [3.63, 3.8) is 0 Å². The van der Waals surface area contributed by atoms with E-state index < -0.39 is 6.10 Å². The average Bonchev–Trinajstić information content (AvgIpc) is 2.82. The minimum atomic E-state index is -0.497. The molecule has 0 bridgehead atoms. The third-order valence-electron chi connectivity index (χ3n) is 4.02. The maximum atomic E-state index is 10.1. The third kappa shape index (κ3) is 5.19. The van der Waals surface area contributed by atoms with E-state index in [2.05, 4.69) is 23.9 Å². The summed E-state index contributed by atoms with van der Waals surface area (Å²) in [5.74, 6) is 0.701. The zero-order chi connectivity index (χ0) is 15.2. The number of nitrogens with two attached hydrogens (primary N) is 1. The van der Waals surface area contributed by atoms with Gasteiger partial charge in [-0.15, -0.1) is 0 Å². The van der Waals surface area contributed by atoms with Gasteiger partial charge < -0.3 is 25.4 Å². The quantitative estimate of drug-likeness (QED) is 0.735. The fraction of sp³-hybridized carbons (Fsp3) is 0.625. The van der Waals surface area contributed by atoms with Gasteiger partial charge in [0.1, 0.15) is 18.5 Å². The van der Waals surface area contributed by atoms with Crippen molar-refractivity contribution >= 4 is 5.69 Å². The molecular weight excluding hydrogens is 266 g/mol. The number of benzene rings is 1. The van der Waals surface area contributed by atoms with E-state index in [0.29, 0.717) is 24.0 Å². The second-order valence-electron chi connectivity index (χ2n) is 6.04. The van der Waals surface area contributed by atoms with E-state index in [9.17, 15) is 5.11 Å². The lowest BCUT2D eigenvalue weighted by Gasteiger charge is -2.27. The molecule has 2 unspecified atom stereocenters. The highest BCUT2D eigenvalue weighted by molar-refractivity contribution is 5.43. The molecule has 0 radical (unpaired) electrons. The molecule has 21 heavy (non-hydrogen) atoms. The van der Waals surface area contributed by atoms with Crippen molar-refractivity contribution in [2.24, 2.45) is 0 Å². The molecular formula is C16H27N3O2. The maximum absolute atomic E-state index is 10.1. The summed E-state index contributed by atoms with van der Waals surface area (Å²) in [4.78, 5) is 4.58. The zero-order valence-corrected chi connectivity index (χ0v) is 13.0. The smallest absolute Gasteiger partial charge is 0.121 e. The maximum Gasteiger partial charge on any atom is 0.121 e. The van der Waals surface area contributed by atoms with Crippen LogP contribution < -0.4 is 10.5 Å². The molecule has 2 atom stereocenters. The van der Waals surface area contributed by atoms with E-state index >= 15 is 0 Å². The van der Waals surface area contributed by atoms with E-state index in [4.69, 9.17) is 10.5 Å². The lowest BCUT2D eigenvalue weighted by atomic mass is 10.2. The van der Waals surface area contributed by atoms with E-state index in [0.717, 1.165) is 6.54 Å². The number of nitrogens with zero attached hydrogens (tertiary/aromatic N) is 2. The first-order valence-corrected chi connectivity index (χ1v) is 7.60. The molecule has 5 nitrogen and oxygen atoms in total. The Morgan fingerprint density at radius 1 is 1.52 bits per heavy atom. The molecule has 5 heteroatoms. The Bertz CT molecular complexity index is 441. The predicted octanol–water partition coefficient (Wildman–Crippen LogP) is 1.03. The van der Waals surface area contributed by atoms with Crippen LogP contribution in [0.25, 0.3) is 0 Å². The summed E-state index contributed by atoms with van der Waals surface area (Å²) in [5, 5.41) is 10.1. The lowest BCUT2D eigenvalue weighted by molar-refractivity contribution is 0.0697. The number of likely N-dealkylation sites (N-methyl/N-ethyl adjacent to an activating group) is 2. The summed E-state index contributed by atoms with van der Waals surface area (Å²) in [6, 6.07) is 7.88. The standard InChI is InChI=1S/C16H27N3O2/c1-18(10-14-6-4-8-19(14)2)11-15(20)12-21-16-7-3-5-13(17)9-16/h3,5,7,9,14-15,20H,4,6,8,10-12,17H2,1-2H3. The van der Waals surface area contributed by atoms with Gasteiger partial charge in [0.25, 0.3) is 0 Å². The predicted molar refractivity (Wildman–Crippen MR) is 85.5 cm³/mol. The van der Waals surface area contributed by atoms with Crippen LogP contribution in [0.3, 0.4) is 0 Å². The number of nitrogen functional groups attached to an aromatic ring is 1. The molecule has 0 spiro atoms. The van der Waals surface area contributed by atoms with Gasteiger partial charge in [0.15, 0.2) is 0 Å². The van der Waals surface area contributed by atoms with Crippen molar-refractivity contribution in [1.29, 1.82) is 0 Å². The van der Waals surface area contributed by atoms with Crippen molar-refractivity contribution in [1.82, 2.24) is 9.80 Å². The second-order valence-corrected chi connectivity index (χ2v) is 6.04. The molecule has 1 heterocycles. The number of anilines is 1. The van der Waals surface area contributed by atoms with Gasteiger partial charge in [0.05, 0.1) is 0 Å². The van der Waals surface area contributed by atoms with Crippen LogP contribution in [0.15, 0.2) is 24.3 Å². The van der Waals surface area contributed by atoms with E-state index in [1.807, 2.05) is 18.2 Å². The second kappa shape index (κ2) is 7.64. The van der Waals surface area contributed by atoms with Crippen LogP contribution in [0.5, 0.6) is 5.75 Å². The highest BCUT2D eigenvalue weighted by Crippen LogP contribution is 2.16. The van der Waals surface area contributed by atoms with Crippen LogP contribution in [0.2, 0.25) is 0 Å². The van der Waals surface area contributed by atoms with Gasteiger partial charge in [-0.1, -0.05) is 6.07 Å². The minimum Gasteiger partial charge on any atom is -0.491 e. The number of aliphatic hydroxyl groups excluding tert-OH is 1. The van der Waals surface area contributed by atoms with Crippen molar-refractivity contribution in [3.8, 4) is 5.75 Å². The van der Waals surface area contributed by atoms with Crippen molar-refractivity contribution in [2.45, 2.75) is 25.0 Å². The topological polar surface area (TPSA) is 62.0 Å². The number of rotatable bonds is 7. The molecule has 1 fully saturated rings. The molecule has 1 aromatic rings. The molecule has 118 valence electrons. The Morgan fingerprint density at radius 3 is 3.00 bits per heavy atom. The fourth-order valence-electron chi connectivity index (χ4n) is 2.85. The van der Waals surface area contributed by atoms with Gasteiger partial charge in [0, 0.05) is 30.9 Å². The van der Waals surface area contributed by atoms with E-state index in [-0.39, 0.29) is 6.61 Å². The number of ether oxygens (including phenoxy) is 1. The summed E-state index contributed by atoms with van der Waals surface area (Å²) >= 11 is 0. The summed E-state index contributed by atoms with van der Waals surface area (Å²) in [5.41, 5.74) is 6.36.